The normalized spacial score (nSPS) is 14.2. The molecule has 0 saturated heterocycles. The predicted octanol–water partition coefficient (Wildman–Crippen LogP) is 4.14. The summed E-state index contributed by atoms with van der Waals surface area (Å²) in [5.74, 6) is -0.540. The highest BCUT2D eigenvalue weighted by Gasteiger charge is 2.17. The monoisotopic (exact) mass is 428 g/mol. The number of hydrogen-bond acceptors (Lipinski definition) is 5. The number of carbonyl (C=O) groups excluding carboxylic acids is 1. The summed E-state index contributed by atoms with van der Waals surface area (Å²) >= 11 is 0. The number of carbonyl (C=O) groups is 1. The Labute approximate surface area is 173 Å². The molecule has 0 aromatic rings. The van der Waals surface area contributed by atoms with Gasteiger partial charge < -0.3 is 19.6 Å². The zero-order valence-electron chi connectivity index (χ0n) is 16.9. The molecule has 0 amide bonds. The third kappa shape index (κ3) is 22.4. The van der Waals surface area contributed by atoms with Crippen LogP contribution in [0, 0.1) is 0 Å². The SMILES string of the molecule is CC/C=C\C/C=C\C/C=C\C/C=C\C/C=C\CC(=O)OCC(O)COP(=O)(O)O. The number of allylic oxidation sites excluding steroid dienone is 9. The van der Waals surface area contributed by atoms with E-state index in [0.29, 0.717) is 6.42 Å². The van der Waals surface area contributed by atoms with Gasteiger partial charge in [-0.05, 0) is 32.1 Å². The number of ether oxygens (including phenoxy) is 1. The van der Waals surface area contributed by atoms with Gasteiger partial charge in [-0.2, -0.15) is 0 Å². The van der Waals surface area contributed by atoms with Gasteiger partial charge in [0.05, 0.1) is 13.0 Å². The highest BCUT2D eigenvalue weighted by atomic mass is 31.2. The molecule has 3 N–H and O–H groups in total. The summed E-state index contributed by atoms with van der Waals surface area (Å²) < 4.78 is 19.4. The van der Waals surface area contributed by atoms with Crippen molar-refractivity contribution in [3.05, 3.63) is 60.8 Å². The molecular weight excluding hydrogens is 395 g/mol. The van der Waals surface area contributed by atoms with Crippen LogP contribution < -0.4 is 0 Å². The van der Waals surface area contributed by atoms with Crippen molar-refractivity contribution < 1.29 is 33.5 Å². The lowest BCUT2D eigenvalue weighted by Crippen LogP contribution is -2.23. The molecule has 8 heteroatoms. The standard InChI is InChI=1S/C21H33O7P/c1-2-3-4-5-6-7-8-9-10-11-12-13-14-15-16-17-21(23)27-18-20(22)19-28-29(24,25)26/h3-4,6-7,9-10,12-13,15-16,20,22H,2,5,8,11,14,17-19H2,1H3,(H2,24,25,26)/b4-3-,7-6-,10-9-,13-12-,16-15-. The fraction of sp³-hybridized carbons (Fsp3) is 0.476. The van der Waals surface area contributed by atoms with Gasteiger partial charge >= 0.3 is 13.8 Å². The van der Waals surface area contributed by atoms with E-state index in [2.05, 4.69) is 47.9 Å². The Morgan fingerprint density at radius 1 is 0.828 bits per heavy atom. The third-order valence-corrected chi connectivity index (χ3v) is 3.80. The molecule has 164 valence electrons. The second-order valence-corrected chi connectivity index (χ2v) is 7.27. The van der Waals surface area contributed by atoms with E-state index in [9.17, 15) is 14.5 Å². The second-order valence-electron chi connectivity index (χ2n) is 6.04. The molecule has 0 spiro atoms. The van der Waals surface area contributed by atoms with Gasteiger partial charge in [-0.1, -0.05) is 67.7 Å². The highest BCUT2D eigenvalue weighted by Crippen LogP contribution is 2.35. The minimum absolute atomic E-state index is 0.0552. The van der Waals surface area contributed by atoms with E-state index in [0.717, 1.165) is 25.7 Å². The smallest absolute Gasteiger partial charge is 0.463 e. The molecule has 0 heterocycles. The van der Waals surface area contributed by atoms with E-state index < -0.39 is 26.5 Å². The Hall–Kier alpha value is -1.76. The summed E-state index contributed by atoms with van der Waals surface area (Å²) in [6.07, 6.45) is 23.7. The predicted molar refractivity (Wildman–Crippen MR) is 114 cm³/mol. The van der Waals surface area contributed by atoms with Crippen molar-refractivity contribution in [3.63, 3.8) is 0 Å². The van der Waals surface area contributed by atoms with Gasteiger partial charge in [-0.25, -0.2) is 4.57 Å². The first-order valence-corrected chi connectivity index (χ1v) is 11.2. The Kier molecular flexibility index (Phi) is 17.2. The number of aliphatic hydroxyl groups is 1. The van der Waals surface area contributed by atoms with Crippen LogP contribution in [0.1, 0.15) is 45.4 Å². The second kappa shape index (κ2) is 18.3. The van der Waals surface area contributed by atoms with Gasteiger partial charge in [0.1, 0.15) is 12.7 Å². The maximum absolute atomic E-state index is 11.5. The van der Waals surface area contributed by atoms with Crippen molar-refractivity contribution in [2.45, 2.75) is 51.6 Å². The van der Waals surface area contributed by atoms with E-state index >= 15 is 0 Å². The summed E-state index contributed by atoms with van der Waals surface area (Å²) in [4.78, 5) is 28.5. The average molecular weight is 428 g/mol. The topological polar surface area (TPSA) is 113 Å². The maximum atomic E-state index is 11.5. The minimum atomic E-state index is -4.64. The first-order valence-electron chi connectivity index (χ1n) is 9.64. The Balaban J connectivity index is 3.71. The molecule has 0 bridgehead atoms. The lowest BCUT2D eigenvalue weighted by atomic mass is 10.2. The molecule has 0 aliphatic carbocycles. The van der Waals surface area contributed by atoms with Crippen LogP contribution in [0.2, 0.25) is 0 Å². The fourth-order valence-electron chi connectivity index (χ4n) is 1.91. The lowest BCUT2D eigenvalue weighted by Gasteiger charge is -2.11. The first-order chi connectivity index (χ1) is 13.8. The number of phosphoric acid groups is 1. The number of esters is 1. The number of hydrogen-bond donors (Lipinski definition) is 3. The van der Waals surface area contributed by atoms with Crippen LogP contribution in [0.25, 0.3) is 0 Å². The van der Waals surface area contributed by atoms with Crippen LogP contribution in [0.15, 0.2) is 60.8 Å². The van der Waals surface area contributed by atoms with Crippen LogP contribution in [0.4, 0.5) is 0 Å². The third-order valence-electron chi connectivity index (χ3n) is 3.31. The summed E-state index contributed by atoms with van der Waals surface area (Å²) in [5.41, 5.74) is 0. The molecule has 0 radical (unpaired) electrons. The first kappa shape index (κ1) is 27.2. The van der Waals surface area contributed by atoms with E-state index in [1.165, 1.54) is 0 Å². The van der Waals surface area contributed by atoms with E-state index in [4.69, 9.17) is 14.5 Å². The Morgan fingerprint density at radius 3 is 1.72 bits per heavy atom. The maximum Gasteiger partial charge on any atom is 0.469 e. The molecule has 1 unspecified atom stereocenters. The fourth-order valence-corrected chi connectivity index (χ4v) is 2.28. The number of rotatable bonds is 16. The zero-order valence-corrected chi connectivity index (χ0v) is 17.8. The molecule has 0 aliphatic heterocycles. The molecule has 0 aliphatic rings. The van der Waals surface area contributed by atoms with Crippen LogP contribution in [0.3, 0.4) is 0 Å². The van der Waals surface area contributed by atoms with Gasteiger partial charge in [0.15, 0.2) is 0 Å². The van der Waals surface area contributed by atoms with Crippen molar-refractivity contribution in [3.8, 4) is 0 Å². The molecule has 0 aromatic carbocycles. The summed E-state index contributed by atoms with van der Waals surface area (Å²) in [6, 6.07) is 0. The molecule has 0 saturated carbocycles. The van der Waals surface area contributed by atoms with Crippen molar-refractivity contribution in [1.82, 2.24) is 0 Å². The van der Waals surface area contributed by atoms with Crippen LogP contribution >= 0.6 is 7.82 Å². The van der Waals surface area contributed by atoms with E-state index in [-0.39, 0.29) is 13.0 Å². The van der Waals surface area contributed by atoms with Crippen LogP contribution in [0.5, 0.6) is 0 Å². The quantitative estimate of drug-likeness (QED) is 0.192. The summed E-state index contributed by atoms with van der Waals surface area (Å²) in [6.45, 7) is 1.12. The van der Waals surface area contributed by atoms with Crippen LogP contribution in [-0.2, 0) is 18.6 Å². The van der Waals surface area contributed by atoms with Crippen LogP contribution in [-0.4, -0.2) is 40.2 Å². The zero-order chi connectivity index (χ0) is 21.8. The molecular formula is C21H33O7P. The largest absolute Gasteiger partial charge is 0.469 e. The molecule has 1 atom stereocenters. The number of aliphatic hydroxyl groups excluding tert-OH is 1. The van der Waals surface area contributed by atoms with Gasteiger partial charge in [0.25, 0.3) is 0 Å². The molecule has 0 rings (SSSR count). The van der Waals surface area contributed by atoms with Crippen molar-refractivity contribution in [2.75, 3.05) is 13.2 Å². The average Bonchev–Trinajstić information content (AvgIpc) is 2.67. The van der Waals surface area contributed by atoms with Gasteiger partial charge in [0.2, 0.25) is 0 Å². The molecule has 29 heavy (non-hydrogen) atoms. The minimum Gasteiger partial charge on any atom is -0.463 e. The highest BCUT2D eigenvalue weighted by molar-refractivity contribution is 7.46. The molecule has 0 fully saturated rings. The van der Waals surface area contributed by atoms with Gasteiger partial charge in [-0.15, -0.1) is 0 Å². The van der Waals surface area contributed by atoms with Gasteiger partial charge in [-0.3, -0.25) is 9.32 Å². The lowest BCUT2D eigenvalue weighted by molar-refractivity contribution is -0.146. The Morgan fingerprint density at radius 2 is 1.28 bits per heavy atom. The summed E-state index contributed by atoms with van der Waals surface area (Å²) in [5, 5.41) is 9.38. The van der Waals surface area contributed by atoms with Crippen molar-refractivity contribution in [2.24, 2.45) is 0 Å². The number of phosphoric ester groups is 1. The Bertz CT molecular complexity index is 615. The van der Waals surface area contributed by atoms with E-state index in [1.807, 2.05) is 18.2 Å². The molecule has 0 aromatic heterocycles. The van der Waals surface area contributed by atoms with Crippen molar-refractivity contribution in [1.29, 1.82) is 0 Å². The summed E-state index contributed by atoms with van der Waals surface area (Å²) in [7, 11) is -4.64. The van der Waals surface area contributed by atoms with Crippen molar-refractivity contribution >= 4 is 13.8 Å². The van der Waals surface area contributed by atoms with Gasteiger partial charge in [0, 0.05) is 0 Å². The van der Waals surface area contributed by atoms with E-state index in [1.54, 1.807) is 6.08 Å². The molecule has 7 nitrogen and oxygen atoms in total.